The van der Waals surface area contributed by atoms with Crippen LogP contribution in [0.2, 0.25) is 5.02 Å². The molecule has 1 saturated heterocycles. The zero-order valence-corrected chi connectivity index (χ0v) is 16.1. The van der Waals surface area contributed by atoms with Crippen molar-refractivity contribution in [3.05, 3.63) is 43.5 Å². The number of urea groups is 1. The molecule has 1 unspecified atom stereocenters. The number of rotatable bonds is 3. The number of benzene rings is 1. The monoisotopic (exact) mass is 442 g/mol. The van der Waals surface area contributed by atoms with Gasteiger partial charge in [-0.3, -0.25) is 9.69 Å². The van der Waals surface area contributed by atoms with E-state index < -0.39 is 11.6 Å². The number of nitrogens with one attached hydrogen (secondary N) is 1. The first-order valence-electron chi connectivity index (χ1n) is 7.36. The Labute approximate surface area is 160 Å². The molecule has 0 radical (unpaired) electrons. The standard InChI is InChI=1S/C16H12BrClN2O4S/c1-16(11-2-3-12(17)25-11)14(21)20(15(22)19-16)6-8-4-9(18)13-10(5-8)23-7-24-13/h2-5H,6-7H2,1H3,(H,19,22). The van der Waals surface area contributed by atoms with Crippen LogP contribution < -0.4 is 14.8 Å². The van der Waals surface area contributed by atoms with Gasteiger partial charge in [-0.25, -0.2) is 4.79 Å². The Balaban J connectivity index is 1.62. The smallest absolute Gasteiger partial charge is 0.325 e. The lowest BCUT2D eigenvalue weighted by atomic mass is 10.0. The summed E-state index contributed by atoms with van der Waals surface area (Å²) in [6, 6.07) is 6.64. The second-order valence-corrected chi connectivity index (χ2v) is 8.73. The van der Waals surface area contributed by atoms with E-state index in [1.54, 1.807) is 19.1 Å². The minimum atomic E-state index is -1.08. The molecule has 2 aliphatic rings. The molecule has 4 rings (SSSR count). The highest BCUT2D eigenvalue weighted by Gasteiger charge is 2.49. The fourth-order valence-electron chi connectivity index (χ4n) is 2.89. The number of nitrogens with zero attached hydrogens (tertiary/aromatic N) is 1. The lowest BCUT2D eigenvalue weighted by Crippen LogP contribution is -2.40. The Kier molecular flexibility index (Phi) is 3.93. The molecule has 1 N–H and O–H groups in total. The Bertz CT molecular complexity index is 902. The van der Waals surface area contributed by atoms with E-state index >= 15 is 0 Å². The fourth-order valence-corrected chi connectivity index (χ4v) is 4.65. The van der Waals surface area contributed by atoms with Crippen molar-refractivity contribution in [2.45, 2.75) is 19.0 Å². The van der Waals surface area contributed by atoms with Gasteiger partial charge in [0.1, 0.15) is 0 Å². The third-order valence-corrected chi connectivity index (χ3v) is 6.29. The number of carbonyl (C=O) groups excluding carboxylic acids is 2. The molecule has 1 aromatic heterocycles. The highest BCUT2D eigenvalue weighted by Crippen LogP contribution is 2.41. The predicted molar refractivity (Wildman–Crippen MR) is 96.0 cm³/mol. The molecule has 0 bridgehead atoms. The van der Waals surface area contributed by atoms with Crippen LogP contribution in [0, 0.1) is 0 Å². The van der Waals surface area contributed by atoms with Crippen molar-refractivity contribution < 1.29 is 19.1 Å². The number of carbonyl (C=O) groups is 2. The van der Waals surface area contributed by atoms with Gasteiger partial charge < -0.3 is 14.8 Å². The van der Waals surface area contributed by atoms with Crippen LogP contribution in [0.15, 0.2) is 28.1 Å². The first-order chi connectivity index (χ1) is 11.9. The number of ether oxygens (including phenoxy) is 2. The number of halogens is 2. The molecule has 3 amide bonds. The summed E-state index contributed by atoms with van der Waals surface area (Å²) in [6.07, 6.45) is 0. The lowest BCUT2D eigenvalue weighted by molar-refractivity contribution is -0.131. The number of thiophene rings is 1. The molecule has 3 heterocycles. The van der Waals surface area contributed by atoms with Gasteiger partial charge in [0, 0.05) is 4.88 Å². The third-order valence-electron chi connectivity index (χ3n) is 4.17. The van der Waals surface area contributed by atoms with E-state index in [2.05, 4.69) is 21.2 Å². The van der Waals surface area contributed by atoms with Crippen LogP contribution in [0.1, 0.15) is 17.4 Å². The number of hydrogen-bond acceptors (Lipinski definition) is 5. The molecule has 1 fully saturated rings. The quantitative estimate of drug-likeness (QED) is 0.732. The van der Waals surface area contributed by atoms with Crippen molar-refractivity contribution in [1.29, 1.82) is 0 Å². The molecule has 1 atom stereocenters. The fraction of sp³-hybridized carbons (Fsp3) is 0.250. The summed E-state index contributed by atoms with van der Waals surface area (Å²) >= 11 is 11.0. The Morgan fingerprint density at radius 2 is 2.16 bits per heavy atom. The van der Waals surface area contributed by atoms with Gasteiger partial charge in [-0.15, -0.1) is 11.3 Å². The minimum absolute atomic E-state index is 0.100. The minimum Gasteiger partial charge on any atom is -0.454 e. The topological polar surface area (TPSA) is 67.9 Å². The van der Waals surface area contributed by atoms with Gasteiger partial charge in [-0.05, 0) is 52.7 Å². The van der Waals surface area contributed by atoms with Gasteiger partial charge in [0.25, 0.3) is 5.91 Å². The summed E-state index contributed by atoms with van der Waals surface area (Å²) in [5.41, 5.74) is -0.386. The maximum absolute atomic E-state index is 12.9. The molecule has 0 spiro atoms. The van der Waals surface area contributed by atoms with Gasteiger partial charge in [0.15, 0.2) is 17.0 Å². The van der Waals surface area contributed by atoms with Crippen LogP contribution in [0.3, 0.4) is 0 Å². The van der Waals surface area contributed by atoms with Crippen LogP contribution in [0.25, 0.3) is 0 Å². The SMILES string of the molecule is CC1(c2ccc(Br)s2)NC(=O)N(Cc2cc(Cl)c3c(c2)OCO3)C1=O. The zero-order valence-electron chi connectivity index (χ0n) is 13.0. The van der Waals surface area contributed by atoms with E-state index in [4.69, 9.17) is 21.1 Å². The van der Waals surface area contributed by atoms with Gasteiger partial charge in [0.05, 0.1) is 15.4 Å². The lowest BCUT2D eigenvalue weighted by Gasteiger charge is -2.20. The van der Waals surface area contributed by atoms with Gasteiger partial charge in [-0.1, -0.05) is 11.6 Å². The maximum Gasteiger partial charge on any atom is 0.325 e. The van der Waals surface area contributed by atoms with Crippen molar-refractivity contribution in [3.8, 4) is 11.5 Å². The molecule has 2 aromatic rings. The summed E-state index contributed by atoms with van der Waals surface area (Å²) in [4.78, 5) is 27.3. The first-order valence-corrected chi connectivity index (χ1v) is 9.35. The Hall–Kier alpha value is -1.77. The van der Waals surface area contributed by atoms with Crippen molar-refractivity contribution in [2.24, 2.45) is 0 Å². The van der Waals surface area contributed by atoms with E-state index in [1.807, 2.05) is 12.1 Å². The summed E-state index contributed by atoms with van der Waals surface area (Å²) in [5.74, 6) is 0.691. The number of amides is 3. The number of fused-ring (bicyclic) bond motifs is 1. The first kappa shape index (κ1) is 16.7. The largest absolute Gasteiger partial charge is 0.454 e. The molecule has 0 saturated carbocycles. The van der Waals surface area contributed by atoms with Crippen molar-refractivity contribution in [3.63, 3.8) is 0 Å². The number of hydrogen-bond donors (Lipinski definition) is 1. The van der Waals surface area contributed by atoms with E-state index in [0.717, 1.165) is 8.66 Å². The molecule has 25 heavy (non-hydrogen) atoms. The molecular weight excluding hydrogens is 432 g/mol. The van der Waals surface area contributed by atoms with E-state index in [9.17, 15) is 9.59 Å². The highest BCUT2D eigenvalue weighted by molar-refractivity contribution is 9.11. The molecule has 2 aliphatic heterocycles. The normalized spacial score (nSPS) is 21.8. The van der Waals surface area contributed by atoms with E-state index in [0.29, 0.717) is 22.1 Å². The molecule has 0 aliphatic carbocycles. The summed E-state index contributed by atoms with van der Waals surface area (Å²) < 4.78 is 11.5. The Morgan fingerprint density at radius 3 is 2.88 bits per heavy atom. The van der Waals surface area contributed by atoms with Crippen LogP contribution in [-0.4, -0.2) is 23.6 Å². The molecule has 130 valence electrons. The second kappa shape index (κ2) is 5.89. The van der Waals surface area contributed by atoms with E-state index in [-0.39, 0.29) is 19.2 Å². The molecular formula is C16H12BrClN2O4S. The van der Waals surface area contributed by atoms with E-state index in [1.165, 1.54) is 16.2 Å². The van der Waals surface area contributed by atoms with Gasteiger partial charge in [-0.2, -0.15) is 0 Å². The van der Waals surface area contributed by atoms with Gasteiger partial charge in [0.2, 0.25) is 6.79 Å². The molecule has 6 nitrogen and oxygen atoms in total. The van der Waals surface area contributed by atoms with Crippen LogP contribution in [-0.2, 0) is 16.9 Å². The van der Waals surface area contributed by atoms with Crippen molar-refractivity contribution in [1.82, 2.24) is 10.2 Å². The molecule has 1 aromatic carbocycles. The number of imide groups is 1. The van der Waals surface area contributed by atoms with Crippen LogP contribution in [0.5, 0.6) is 11.5 Å². The molecule has 9 heteroatoms. The predicted octanol–water partition coefficient (Wildman–Crippen LogP) is 3.86. The second-order valence-electron chi connectivity index (χ2n) is 5.86. The Morgan fingerprint density at radius 1 is 1.36 bits per heavy atom. The highest BCUT2D eigenvalue weighted by atomic mass is 79.9. The van der Waals surface area contributed by atoms with Crippen molar-refractivity contribution >= 4 is 50.8 Å². The summed E-state index contributed by atoms with van der Waals surface area (Å²) in [7, 11) is 0. The van der Waals surface area contributed by atoms with Crippen LogP contribution in [0.4, 0.5) is 4.79 Å². The average Bonchev–Trinajstić information content (AvgIpc) is 3.24. The zero-order chi connectivity index (χ0) is 17.8. The third kappa shape index (κ3) is 2.68. The summed E-state index contributed by atoms with van der Waals surface area (Å²) in [5, 5.41) is 3.18. The summed E-state index contributed by atoms with van der Waals surface area (Å²) in [6.45, 7) is 1.91. The van der Waals surface area contributed by atoms with Crippen molar-refractivity contribution in [2.75, 3.05) is 6.79 Å². The van der Waals surface area contributed by atoms with Gasteiger partial charge >= 0.3 is 6.03 Å². The van der Waals surface area contributed by atoms with Crippen LogP contribution >= 0.6 is 38.9 Å². The average molecular weight is 444 g/mol. The maximum atomic E-state index is 12.9.